The molecule has 0 N–H and O–H groups in total. The molecule has 0 atom stereocenters. The highest BCUT2D eigenvalue weighted by Gasteiger charge is 2.30. The Morgan fingerprint density at radius 2 is 1.59 bits per heavy atom. The predicted molar refractivity (Wildman–Crippen MR) is 133 cm³/mol. The smallest absolute Gasteiger partial charge is 0.274 e. The molecule has 1 aliphatic rings. The van der Waals surface area contributed by atoms with E-state index in [-0.39, 0.29) is 5.56 Å². The molecule has 3 aromatic carbocycles. The van der Waals surface area contributed by atoms with Crippen molar-refractivity contribution >= 4 is 50.5 Å². The second-order valence-corrected chi connectivity index (χ2v) is 8.59. The Labute approximate surface area is 188 Å². The van der Waals surface area contributed by atoms with Crippen LogP contribution in [0, 0.1) is 0 Å². The van der Waals surface area contributed by atoms with Crippen LogP contribution >= 0.6 is 11.3 Å². The van der Waals surface area contributed by atoms with Crippen LogP contribution in [-0.2, 0) is 0 Å². The molecule has 0 saturated heterocycles. The third kappa shape index (κ3) is 2.77. The predicted octanol–water partition coefficient (Wildman–Crippen LogP) is 4.93. The number of allylic oxidation sites excluding steroid dienone is 1. The summed E-state index contributed by atoms with van der Waals surface area (Å²) in [4.78, 5) is 23.0. The number of imidazole rings is 1. The van der Waals surface area contributed by atoms with Crippen molar-refractivity contribution in [2.45, 2.75) is 6.92 Å². The number of anilines is 3. The molecule has 156 valence electrons. The van der Waals surface area contributed by atoms with Crippen LogP contribution in [0.3, 0.4) is 0 Å². The van der Waals surface area contributed by atoms with E-state index >= 15 is 0 Å². The van der Waals surface area contributed by atoms with Gasteiger partial charge in [0.2, 0.25) is 0 Å². The van der Waals surface area contributed by atoms with Crippen molar-refractivity contribution in [2.24, 2.45) is 0 Å². The molecule has 3 heterocycles. The molecule has 2 aromatic heterocycles. The SMILES string of the molecule is CCN1/C(=C/C=c2/sc3nc4ccccc4n3c2=O)N(c2ccccc2)c2ccccc21. The van der Waals surface area contributed by atoms with E-state index in [0.717, 1.165) is 45.4 Å². The van der Waals surface area contributed by atoms with Gasteiger partial charge in [0.25, 0.3) is 5.56 Å². The quantitative estimate of drug-likeness (QED) is 0.402. The number of rotatable bonds is 3. The number of hydrogen-bond acceptors (Lipinski definition) is 5. The minimum absolute atomic E-state index is 0.0274. The van der Waals surface area contributed by atoms with Crippen molar-refractivity contribution in [3.8, 4) is 0 Å². The van der Waals surface area contributed by atoms with Crippen LogP contribution in [0.5, 0.6) is 0 Å². The van der Waals surface area contributed by atoms with Gasteiger partial charge in [-0.25, -0.2) is 9.38 Å². The average Bonchev–Trinajstić information content (AvgIpc) is 3.46. The third-order valence-electron chi connectivity index (χ3n) is 5.78. The Morgan fingerprint density at radius 1 is 0.875 bits per heavy atom. The van der Waals surface area contributed by atoms with Crippen molar-refractivity contribution in [3.05, 3.63) is 106 Å². The van der Waals surface area contributed by atoms with Gasteiger partial charge in [0.05, 0.1) is 26.9 Å². The number of fused-ring (bicyclic) bond motifs is 4. The molecule has 6 heteroatoms. The number of nitrogens with zero attached hydrogens (tertiary/aromatic N) is 4. The van der Waals surface area contributed by atoms with E-state index < -0.39 is 0 Å². The first-order chi connectivity index (χ1) is 15.8. The minimum Gasteiger partial charge on any atom is -0.326 e. The third-order valence-corrected chi connectivity index (χ3v) is 6.77. The highest BCUT2D eigenvalue weighted by atomic mass is 32.1. The molecule has 0 fully saturated rings. The highest BCUT2D eigenvalue weighted by molar-refractivity contribution is 7.15. The number of benzene rings is 3. The van der Waals surface area contributed by atoms with E-state index in [1.54, 1.807) is 4.40 Å². The standard InChI is InChI=1S/C26H20N4OS/c1-2-28-21-14-8-9-15-22(21)29(18-10-4-3-5-11-18)24(28)17-16-23-25(31)30-20-13-7-6-12-19(20)27-26(30)32-23/h3-17H,2H2,1H3/b23-16+,24-17-. The Bertz CT molecular complexity index is 1600. The van der Waals surface area contributed by atoms with Crippen molar-refractivity contribution in [1.82, 2.24) is 9.38 Å². The molecule has 0 bridgehead atoms. The minimum atomic E-state index is -0.0274. The van der Waals surface area contributed by atoms with E-state index in [9.17, 15) is 4.79 Å². The van der Waals surface area contributed by atoms with Gasteiger partial charge in [0, 0.05) is 12.2 Å². The van der Waals surface area contributed by atoms with Gasteiger partial charge in [-0.1, -0.05) is 53.8 Å². The van der Waals surface area contributed by atoms with Crippen LogP contribution in [0.15, 0.2) is 95.6 Å². The summed E-state index contributed by atoms with van der Waals surface area (Å²) in [5, 5.41) is 0. The van der Waals surface area contributed by atoms with E-state index in [0.29, 0.717) is 4.53 Å². The highest BCUT2D eigenvalue weighted by Crippen LogP contribution is 2.45. The monoisotopic (exact) mass is 436 g/mol. The van der Waals surface area contributed by atoms with Crippen LogP contribution in [0.4, 0.5) is 17.1 Å². The summed E-state index contributed by atoms with van der Waals surface area (Å²) in [6.45, 7) is 2.96. The lowest BCUT2D eigenvalue weighted by atomic mass is 10.2. The second-order valence-electron chi connectivity index (χ2n) is 7.59. The lowest BCUT2D eigenvalue weighted by molar-refractivity contribution is 0.963. The van der Waals surface area contributed by atoms with Crippen molar-refractivity contribution in [3.63, 3.8) is 0 Å². The molecule has 0 radical (unpaired) electrons. The van der Waals surface area contributed by atoms with Crippen molar-refractivity contribution in [1.29, 1.82) is 0 Å². The molecule has 0 amide bonds. The summed E-state index contributed by atoms with van der Waals surface area (Å²) < 4.78 is 2.38. The first-order valence-corrected chi connectivity index (χ1v) is 11.4. The molecule has 6 rings (SSSR count). The fourth-order valence-electron chi connectivity index (χ4n) is 4.37. The molecule has 5 nitrogen and oxygen atoms in total. The molecule has 0 aliphatic carbocycles. The van der Waals surface area contributed by atoms with Gasteiger partial charge in [-0.05, 0) is 55.5 Å². The lowest BCUT2D eigenvalue weighted by Crippen LogP contribution is -2.26. The summed E-state index contributed by atoms with van der Waals surface area (Å²) in [5.41, 5.74) is 5.05. The largest absolute Gasteiger partial charge is 0.326 e. The molecule has 5 aromatic rings. The number of para-hydroxylation sites is 5. The lowest BCUT2D eigenvalue weighted by Gasteiger charge is -2.24. The van der Waals surface area contributed by atoms with Gasteiger partial charge < -0.3 is 4.90 Å². The van der Waals surface area contributed by atoms with Gasteiger partial charge in [-0.2, -0.15) is 0 Å². The van der Waals surface area contributed by atoms with Gasteiger partial charge in [0.1, 0.15) is 5.82 Å². The summed E-state index contributed by atoms with van der Waals surface area (Å²) >= 11 is 1.42. The zero-order valence-corrected chi connectivity index (χ0v) is 18.3. The number of thiazole rings is 1. The van der Waals surface area contributed by atoms with E-state index in [1.807, 2.05) is 54.6 Å². The number of hydrogen-bond donors (Lipinski definition) is 0. The summed E-state index contributed by atoms with van der Waals surface area (Å²) in [6.07, 6.45) is 3.97. The normalized spacial score (nSPS) is 15.4. The Balaban J connectivity index is 1.54. The van der Waals surface area contributed by atoms with Gasteiger partial charge >= 0.3 is 0 Å². The Hall–Kier alpha value is -3.90. The van der Waals surface area contributed by atoms with Gasteiger partial charge in [-0.3, -0.25) is 9.69 Å². The first-order valence-electron chi connectivity index (χ1n) is 10.6. The molecule has 0 spiro atoms. The number of aromatic nitrogens is 2. The molecule has 32 heavy (non-hydrogen) atoms. The average molecular weight is 437 g/mol. The van der Waals surface area contributed by atoms with E-state index in [4.69, 9.17) is 0 Å². The first kappa shape index (κ1) is 18.8. The fraction of sp³-hybridized carbons (Fsp3) is 0.0769. The Morgan fingerprint density at radius 3 is 2.41 bits per heavy atom. The summed E-state index contributed by atoms with van der Waals surface area (Å²) in [7, 11) is 0. The maximum Gasteiger partial charge on any atom is 0.274 e. The summed E-state index contributed by atoms with van der Waals surface area (Å²) in [5.74, 6) is 1.02. The zero-order chi connectivity index (χ0) is 21.7. The van der Waals surface area contributed by atoms with E-state index in [1.165, 1.54) is 11.3 Å². The van der Waals surface area contributed by atoms with Crippen molar-refractivity contribution in [2.75, 3.05) is 16.3 Å². The molecule has 0 unspecified atom stereocenters. The van der Waals surface area contributed by atoms with E-state index in [2.05, 4.69) is 58.1 Å². The molecule has 0 saturated carbocycles. The van der Waals surface area contributed by atoms with Crippen LogP contribution in [-0.4, -0.2) is 15.9 Å². The van der Waals surface area contributed by atoms with Gasteiger partial charge in [0.15, 0.2) is 4.96 Å². The molecule has 1 aliphatic heterocycles. The van der Waals surface area contributed by atoms with Crippen LogP contribution in [0.25, 0.3) is 22.1 Å². The fourth-order valence-corrected chi connectivity index (χ4v) is 5.30. The molecular weight excluding hydrogens is 416 g/mol. The van der Waals surface area contributed by atoms with Crippen LogP contribution in [0.1, 0.15) is 6.92 Å². The van der Waals surface area contributed by atoms with Gasteiger partial charge in [-0.15, -0.1) is 0 Å². The van der Waals surface area contributed by atoms with Crippen LogP contribution in [0.2, 0.25) is 0 Å². The van der Waals surface area contributed by atoms with Crippen LogP contribution < -0.4 is 19.9 Å². The second kappa shape index (κ2) is 7.35. The Kier molecular flexibility index (Phi) is 4.33. The topological polar surface area (TPSA) is 40.9 Å². The maximum absolute atomic E-state index is 13.2. The summed E-state index contributed by atoms with van der Waals surface area (Å²) in [6, 6.07) is 26.5. The zero-order valence-electron chi connectivity index (χ0n) is 17.5. The maximum atomic E-state index is 13.2. The van der Waals surface area contributed by atoms with Crippen molar-refractivity contribution < 1.29 is 0 Å². The molecular formula is C26H20N4OS.